The van der Waals surface area contributed by atoms with Gasteiger partial charge in [0.2, 0.25) is 6.79 Å². The van der Waals surface area contributed by atoms with Gasteiger partial charge in [0.25, 0.3) is 0 Å². The number of carboxylic acid groups (broad SMARTS) is 1. The summed E-state index contributed by atoms with van der Waals surface area (Å²) >= 11 is 5.83. The van der Waals surface area contributed by atoms with Gasteiger partial charge in [0.15, 0.2) is 11.5 Å². The van der Waals surface area contributed by atoms with Crippen LogP contribution in [0.4, 0.5) is 0 Å². The molecule has 1 aliphatic heterocycles. The van der Waals surface area contributed by atoms with Gasteiger partial charge in [0, 0.05) is 5.56 Å². The van der Waals surface area contributed by atoms with E-state index in [9.17, 15) is 4.79 Å². The molecule has 0 atom stereocenters. The lowest BCUT2D eigenvalue weighted by Gasteiger charge is -2.03. The molecule has 1 aliphatic rings. The summed E-state index contributed by atoms with van der Waals surface area (Å²) in [5.74, 6) is -0.0321. The van der Waals surface area contributed by atoms with Crippen molar-refractivity contribution >= 4 is 17.6 Å². The van der Waals surface area contributed by atoms with E-state index in [0.29, 0.717) is 22.1 Å². The molecule has 5 heteroatoms. The molecule has 0 spiro atoms. The summed E-state index contributed by atoms with van der Waals surface area (Å²) in [6.07, 6.45) is -0.0944. The van der Waals surface area contributed by atoms with Crippen molar-refractivity contribution in [1.29, 1.82) is 0 Å². The molecule has 1 heterocycles. The third-order valence-corrected chi connectivity index (χ3v) is 2.19. The van der Waals surface area contributed by atoms with Crippen molar-refractivity contribution in [3.8, 4) is 11.5 Å². The number of hydrogen-bond acceptors (Lipinski definition) is 3. The molecule has 4 nitrogen and oxygen atoms in total. The first-order chi connectivity index (χ1) is 6.68. The van der Waals surface area contributed by atoms with Gasteiger partial charge in [-0.3, -0.25) is 4.79 Å². The highest BCUT2D eigenvalue weighted by Gasteiger charge is 2.21. The van der Waals surface area contributed by atoms with Gasteiger partial charge in [0.1, 0.15) is 0 Å². The Labute approximate surface area is 85.0 Å². The van der Waals surface area contributed by atoms with Gasteiger partial charge >= 0.3 is 5.97 Å². The lowest BCUT2D eigenvalue weighted by atomic mass is 10.1. The number of benzene rings is 1. The summed E-state index contributed by atoms with van der Waals surface area (Å²) in [5.41, 5.74) is 0.578. The summed E-state index contributed by atoms with van der Waals surface area (Å²) in [6, 6.07) is 3.23. The van der Waals surface area contributed by atoms with Gasteiger partial charge < -0.3 is 14.6 Å². The second-order valence-corrected chi connectivity index (χ2v) is 3.25. The van der Waals surface area contributed by atoms with E-state index in [1.807, 2.05) is 0 Å². The highest BCUT2D eigenvalue weighted by molar-refractivity contribution is 6.32. The van der Waals surface area contributed by atoms with Gasteiger partial charge in [-0.1, -0.05) is 17.7 Å². The Morgan fingerprint density at radius 1 is 1.43 bits per heavy atom. The first-order valence-corrected chi connectivity index (χ1v) is 4.35. The van der Waals surface area contributed by atoms with Crippen molar-refractivity contribution in [2.45, 2.75) is 6.42 Å². The Morgan fingerprint density at radius 3 is 2.86 bits per heavy atom. The van der Waals surface area contributed by atoms with Crippen molar-refractivity contribution in [3.63, 3.8) is 0 Å². The monoisotopic (exact) mass is 214 g/mol. The number of fused-ring (bicyclic) bond motifs is 1. The van der Waals surface area contributed by atoms with E-state index in [-0.39, 0.29) is 13.2 Å². The van der Waals surface area contributed by atoms with Crippen LogP contribution in [0.15, 0.2) is 12.1 Å². The van der Waals surface area contributed by atoms with Crippen LogP contribution in [0.25, 0.3) is 0 Å². The molecular formula is C9H7ClO4. The summed E-state index contributed by atoms with van der Waals surface area (Å²) in [5, 5.41) is 9.07. The quantitative estimate of drug-likeness (QED) is 0.814. The fraction of sp³-hybridized carbons (Fsp3) is 0.222. The molecule has 0 saturated heterocycles. The first-order valence-electron chi connectivity index (χ1n) is 3.97. The minimum Gasteiger partial charge on any atom is -0.481 e. The second-order valence-electron chi connectivity index (χ2n) is 2.84. The smallest absolute Gasteiger partial charge is 0.307 e. The van der Waals surface area contributed by atoms with E-state index in [2.05, 4.69) is 0 Å². The third-order valence-electron chi connectivity index (χ3n) is 1.89. The summed E-state index contributed by atoms with van der Waals surface area (Å²) in [6.45, 7) is 0.0890. The van der Waals surface area contributed by atoms with E-state index >= 15 is 0 Å². The molecule has 74 valence electrons. The van der Waals surface area contributed by atoms with E-state index in [1.165, 1.54) is 0 Å². The highest BCUT2D eigenvalue weighted by Crippen LogP contribution is 2.41. The van der Waals surface area contributed by atoms with E-state index < -0.39 is 5.97 Å². The normalized spacial score (nSPS) is 12.9. The van der Waals surface area contributed by atoms with Crippen LogP contribution >= 0.6 is 11.6 Å². The molecule has 0 aliphatic carbocycles. The zero-order valence-corrected chi connectivity index (χ0v) is 7.87. The number of carboxylic acids is 1. The largest absolute Gasteiger partial charge is 0.481 e. The van der Waals surface area contributed by atoms with E-state index in [1.54, 1.807) is 12.1 Å². The predicted molar refractivity (Wildman–Crippen MR) is 48.9 cm³/mol. The Hall–Kier alpha value is -1.42. The molecule has 0 amide bonds. The van der Waals surface area contributed by atoms with Crippen LogP contribution in [0.1, 0.15) is 5.56 Å². The fourth-order valence-electron chi connectivity index (χ4n) is 1.32. The molecule has 0 unspecified atom stereocenters. The number of hydrogen-bond donors (Lipinski definition) is 1. The average Bonchev–Trinajstić information content (AvgIpc) is 2.58. The molecule has 2 rings (SSSR count). The summed E-state index contributed by atoms with van der Waals surface area (Å²) in [7, 11) is 0. The minimum atomic E-state index is -0.912. The fourth-order valence-corrected chi connectivity index (χ4v) is 1.52. The zero-order chi connectivity index (χ0) is 10.1. The maximum atomic E-state index is 10.5. The number of carbonyl (C=O) groups is 1. The number of ether oxygens (including phenoxy) is 2. The Bertz CT molecular complexity index is 389. The number of rotatable bonds is 2. The van der Waals surface area contributed by atoms with Gasteiger partial charge in [-0.25, -0.2) is 0 Å². The molecule has 0 radical (unpaired) electrons. The topological polar surface area (TPSA) is 55.8 Å². The van der Waals surface area contributed by atoms with Crippen LogP contribution in [-0.2, 0) is 11.2 Å². The number of halogens is 1. The van der Waals surface area contributed by atoms with Gasteiger partial charge in [0.05, 0.1) is 11.4 Å². The lowest BCUT2D eigenvalue weighted by molar-refractivity contribution is -0.136. The predicted octanol–water partition coefficient (Wildman–Crippen LogP) is 1.70. The van der Waals surface area contributed by atoms with Crippen LogP contribution in [0.5, 0.6) is 11.5 Å². The van der Waals surface area contributed by atoms with Gasteiger partial charge in [-0.05, 0) is 6.07 Å². The van der Waals surface area contributed by atoms with Crippen LogP contribution in [0.2, 0.25) is 5.02 Å². The maximum Gasteiger partial charge on any atom is 0.307 e. The Kier molecular flexibility index (Phi) is 2.21. The number of aliphatic carboxylic acids is 1. The van der Waals surface area contributed by atoms with Crippen molar-refractivity contribution in [1.82, 2.24) is 0 Å². The molecular weight excluding hydrogens is 208 g/mol. The second kappa shape index (κ2) is 3.38. The highest BCUT2D eigenvalue weighted by atomic mass is 35.5. The molecule has 1 aromatic rings. The molecule has 0 aromatic heterocycles. The van der Waals surface area contributed by atoms with Crippen molar-refractivity contribution in [3.05, 3.63) is 22.7 Å². The van der Waals surface area contributed by atoms with Crippen molar-refractivity contribution in [2.75, 3.05) is 6.79 Å². The van der Waals surface area contributed by atoms with E-state index in [4.69, 9.17) is 26.2 Å². The average molecular weight is 215 g/mol. The molecule has 14 heavy (non-hydrogen) atoms. The summed E-state index contributed by atoms with van der Waals surface area (Å²) < 4.78 is 10.2. The Morgan fingerprint density at radius 2 is 2.14 bits per heavy atom. The zero-order valence-electron chi connectivity index (χ0n) is 7.12. The molecule has 0 saturated carbocycles. The summed E-state index contributed by atoms with van der Waals surface area (Å²) in [4.78, 5) is 10.5. The Balaban J connectivity index is 2.43. The minimum absolute atomic E-state index is 0.0890. The van der Waals surface area contributed by atoms with Crippen LogP contribution in [0.3, 0.4) is 0 Å². The molecule has 0 bridgehead atoms. The third kappa shape index (κ3) is 1.48. The lowest BCUT2D eigenvalue weighted by Crippen LogP contribution is -2.01. The van der Waals surface area contributed by atoms with Crippen molar-refractivity contribution in [2.24, 2.45) is 0 Å². The van der Waals surface area contributed by atoms with Gasteiger partial charge in [-0.2, -0.15) is 0 Å². The maximum absolute atomic E-state index is 10.5. The molecule has 1 N–H and O–H groups in total. The van der Waals surface area contributed by atoms with Crippen LogP contribution in [0, 0.1) is 0 Å². The standard InChI is InChI=1S/C9H7ClO4/c10-6-2-1-5(3-7(11)12)8-9(6)14-4-13-8/h1-2H,3-4H2,(H,11,12). The van der Waals surface area contributed by atoms with Crippen LogP contribution in [-0.4, -0.2) is 17.9 Å². The van der Waals surface area contributed by atoms with Gasteiger partial charge in [-0.15, -0.1) is 0 Å². The SMILES string of the molecule is O=C(O)Cc1ccc(Cl)c2c1OCO2. The molecule has 1 aromatic carbocycles. The van der Waals surface area contributed by atoms with Crippen molar-refractivity contribution < 1.29 is 19.4 Å². The molecule has 0 fully saturated rings. The van der Waals surface area contributed by atoms with Crippen LogP contribution < -0.4 is 9.47 Å². The van der Waals surface area contributed by atoms with E-state index in [0.717, 1.165) is 0 Å². The first kappa shape index (κ1) is 9.15.